The van der Waals surface area contributed by atoms with E-state index in [1.54, 1.807) is 30.6 Å². The molecule has 0 unspecified atom stereocenters. The monoisotopic (exact) mass is 455 g/mol. The largest absolute Gasteiger partial charge is 0.396 e. The smallest absolute Gasteiger partial charge is 0.254 e. The lowest BCUT2D eigenvalue weighted by molar-refractivity contribution is 0.0936. The van der Waals surface area contributed by atoms with Crippen LogP contribution in [0.1, 0.15) is 45.0 Å². The maximum Gasteiger partial charge on any atom is 0.254 e. The van der Waals surface area contributed by atoms with Crippen molar-refractivity contribution in [2.45, 2.75) is 46.3 Å². The van der Waals surface area contributed by atoms with E-state index in [9.17, 15) is 15.0 Å². The van der Waals surface area contributed by atoms with Crippen LogP contribution in [0.5, 0.6) is 0 Å². The van der Waals surface area contributed by atoms with Crippen molar-refractivity contribution >= 4 is 23.1 Å². The van der Waals surface area contributed by atoms with Gasteiger partial charge in [-0.1, -0.05) is 6.92 Å². The minimum Gasteiger partial charge on any atom is -0.396 e. The molecule has 3 aromatic rings. The Labute approximate surface area is 193 Å². The maximum absolute atomic E-state index is 12.7. The predicted octanol–water partition coefficient (Wildman–Crippen LogP) is 2.15. The fourth-order valence-corrected chi connectivity index (χ4v) is 3.08. The zero-order chi connectivity index (χ0) is 24.2. The Kier molecular flexibility index (Phi) is 7.50. The van der Waals surface area contributed by atoms with Crippen molar-refractivity contribution in [1.29, 1.82) is 0 Å². The van der Waals surface area contributed by atoms with E-state index in [1.165, 1.54) is 6.20 Å². The highest BCUT2D eigenvalue weighted by Crippen LogP contribution is 2.25. The van der Waals surface area contributed by atoms with Crippen molar-refractivity contribution in [3.63, 3.8) is 0 Å². The summed E-state index contributed by atoms with van der Waals surface area (Å²) in [4.78, 5) is 21.7. The third-order valence-electron chi connectivity index (χ3n) is 4.84. The second-order valence-electron chi connectivity index (χ2n) is 9.21. The molecule has 0 fully saturated rings. The quantitative estimate of drug-likeness (QED) is 0.314. The number of pyridine rings is 1. The summed E-state index contributed by atoms with van der Waals surface area (Å²) in [6, 6.07) is 5.55. The second kappa shape index (κ2) is 10.1. The molecule has 0 aliphatic rings. The Morgan fingerprint density at radius 1 is 1.18 bits per heavy atom. The molecular weight excluding hydrogens is 422 g/mol. The zero-order valence-corrected chi connectivity index (χ0v) is 19.8. The number of aliphatic hydroxyl groups is 2. The van der Waals surface area contributed by atoms with Gasteiger partial charge in [-0.05, 0) is 51.8 Å². The molecular formula is C23H33N7O3. The lowest BCUT2D eigenvalue weighted by atomic mass is 10.1. The first kappa shape index (κ1) is 24.4. The molecule has 0 aliphatic heterocycles. The Morgan fingerprint density at radius 3 is 2.61 bits per heavy atom. The van der Waals surface area contributed by atoms with Crippen LogP contribution >= 0.6 is 0 Å². The lowest BCUT2D eigenvalue weighted by Gasteiger charge is -2.18. The molecule has 0 saturated carbocycles. The van der Waals surface area contributed by atoms with Crippen LogP contribution in [0.2, 0.25) is 0 Å². The molecule has 3 heterocycles. The van der Waals surface area contributed by atoms with Crippen LogP contribution < -0.4 is 16.0 Å². The number of carbonyl (C=O) groups is 1. The van der Waals surface area contributed by atoms with Gasteiger partial charge in [0.25, 0.3) is 5.91 Å². The average molecular weight is 456 g/mol. The number of fused-ring (bicyclic) bond motifs is 1. The highest BCUT2D eigenvalue weighted by Gasteiger charge is 2.18. The van der Waals surface area contributed by atoms with Crippen LogP contribution in [0.3, 0.4) is 0 Å². The van der Waals surface area contributed by atoms with Gasteiger partial charge in [0.15, 0.2) is 5.65 Å². The number of rotatable bonds is 10. The number of anilines is 2. The molecule has 3 aromatic heterocycles. The van der Waals surface area contributed by atoms with Gasteiger partial charge < -0.3 is 26.2 Å². The molecule has 0 spiro atoms. The average Bonchev–Trinajstić information content (AvgIpc) is 3.18. The fraction of sp³-hybridized carbons (Fsp3) is 0.478. The summed E-state index contributed by atoms with van der Waals surface area (Å²) in [6.07, 6.45) is 3.22. The van der Waals surface area contributed by atoms with Crippen molar-refractivity contribution < 1.29 is 15.0 Å². The molecule has 0 bridgehead atoms. The third-order valence-corrected chi connectivity index (χ3v) is 4.84. The van der Waals surface area contributed by atoms with Gasteiger partial charge in [0.2, 0.25) is 0 Å². The first-order valence-electron chi connectivity index (χ1n) is 11.0. The van der Waals surface area contributed by atoms with E-state index >= 15 is 0 Å². The molecule has 1 atom stereocenters. The van der Waals surface area contributed by atoms with Crippen LogP contribution in [0.15, 0.2) is 30.6 Å². The first-order chi connectivity index (χ1) is 15.6. The van der Waals surface area contributed by atoms with Crippen molar-refractivity contribution in [2.24, 2.45) is 5.92 Å². The van der Waals surface area contributed by atoms with Crippen LogP contribution in [-0.4, -0.2) is 67.0 Å². The van der Waals surface area contributed by atoms with Gasteiger partial charge in [0.1, 0.15) is 11.5 Å². The number of amides is 1. The number of carbonyl (C=O) groups excluding carboxylic acids is 1. The number of nitrogens with zero attached hydrogens (tertiary/aromatic N) is 4. The van der Waals surface area contributed by atoms with Gasteiger partial charge >= 0.3 is 0 Å². The van der Waals surface area contributed by atoms with Gasteiger partial charge in [-0.25, -0.2) is 9.50 Å². The van der Waals surface area contributed by atoms with E-state index in [0.717, 1.165) is 0 Å². The van der Waals surface area contributed by atoms with Crippen LogP contribution in [-0.2, 0) is 0 Å². The van der Waals surface area contributed by atoms with Gasteiger partial charge in [-0.3, -0.25) is 9.78 Å². The Bertz CT molecular complexity index is 1110. The van der Waals surface area contributed by atoms with Gasteiger partial charge in [-0.15, -0.1) is 5.10 Å². The number of aliphatic hydroxyl groups excluding tert-OH is 1. The number of aromatic nitrogens is 4. The van der Waals surface area contributed by atoms with Gasteiger partial charge in [0, 0.05) is 31.9 Å². The summed E-state index contributed by atoms with van der Waals surface area (Å²) in [5.41, 5.74) is 2.13. The van der Waals surface area contributed by atoms with Crippen molar-refractivity contribution in [1.82, 2.24) is 24.9 Å². The molecule has 33 heavy (non-hydrogen) atoms. The Morgan fingerprint density at radius 2 is 1.94 bits per heavy atom. The fourth-order valence-electron chi connectivity index (χ4n) is 3.08. The molecule has 10 heteroatoms. The van der Waals surface area contributed by atoms with Gasteiger partial charge in [0.05, 0.1) is 28.7 Å². The second-order valence-corrected chi connectivity index (χ2v) is 9.21. The molecule has 5 N–H and O–H groups in total. The standard InChI is InChI=1S/C23H33N7O3/c1-14(2)28-17-8-18(24-10-16(17)22(32)26-9-15(3)12-31)19-11-25-21-7-6-20(29-30(19)21)27-13-23(4,5)33/h6-8,10-11,14-15,31,33H,9,12-13H2,1-5H3,(H,24,28)(H,26,32)(H,27,29)/t15-/m1/s1. The van der Waals surface area contributed by atoms with E-state index in [4.69, 9.17) is 0 Å². The summed E-state index contributed by atoms with van der Waals surface area (Å²) in [5.74, 6) is 0.302. The van der Waals surface area contributed by atoms with E-state index in [1.807, 2.05) is 32.9 Å². The van der Waals surface area contributed by atoms with E-state index in [-0.39, 0.29) is 24.5 Å². The van der Waals surface area contributed by atoms with E-state index < -0.39 is 5.60 Å². The van der Waals surface area contributed by atoms with Crippen molar-refractivity contribution in [2.75, 3.05) is 30.3 Å². The first-order valence-corrected chi connectivity index (χ1v) is 11.0. The molecule has 10 nitrogen and oxygen atoms in total. The molecule has 0 aliphatic carbocycles. The maximum atomic E-state index is 12.7. The highest BCUT2D eigenvalue weighted by molar-refractivity contribution is 5.99. The van der Waals surface area contributed by atoms with Gasteiger partial charge in [-0.2, -0.15) is 0 Å². The number of nitrogens with one attached hydrogen (secondary N) is 3. The molecule has 1 amide bonds. The van der Waals surface area contributed by atoms with Crippen molar-refractivity contribution in [3.05, 3.63) is 36.2 Å². The topological polar surface area (TPSA) is 137 Å². The summed E-state index contributed by atoms with van der Waals surface area (Å²) in [6.45, 7) is 10.00. The summed E-state index contributed by atoms with van der Waals surface area (Å²) in [7, 11) is 0. The molecule has 0 saturated heterocycles. The van der Waals surface area contributed by atoms with E-state index in [0.29, 0.717) is 47.2 Å². The highest BCUT2D eigenvalue weighted by atomic mass is 16.3. The number of hydrogen-bond acceptors (Lipinski definition) is 8. The number of imidazole rings is 1. The Hall–Kier alpha value is -3.24. The summed E-state index contributed by atoms with van der Waals surface area (Å²) in [5, 5.41) is 33.0. The van der Waals surface area contributed by atoms with Crippen LogP contribution in [0.4, 0.5) is 11.5 Å². The third kappa shape index (κ3) is 6.39. The SMILES string of the molecule is CC(C)Nc1cc(-c2cnc3ccc(NCC(C)(C)O)nn23)ncc1C(=O)NC[C@@H](C)CO. The normalized spacial score (nSPS) is 12.7. The minimum absolute atomic E-state index is 0.00248. The minimum atomic E-state index is -0.876. The van der Waals surface area contributed by atoms with Crippen LogP contribution in [0.25, 0.3) is 17.0 Å². The number of hydrogen-bond donors (Lipinski definition) is 5. The Balaban J connectivity index is 1.94. The van der Waals surface area contributed by atoms with Crippen LogP contribution in [0, 0.1) is 5.92 Å². The predicted molar refractivity (Wildman–Crippen MR) is 128 cm³/mol. The molecule has 0 aromatic carbocycles. The summed E-state index contributed by atoms with van der Waals surface area (Å²) < 4.78 is 1.68. The lowest BCUT2D eigenvalue weighted by Crippen LogP contribution is -2.30. The molecule has 0 radical (unpaired) electrons. The molecule has 3 rings (SSSR count). The molecule has 178 valence electrons. The zero-order valence-electron chi connectivity index (χ0n) is 19.8. The summed E-state index contributed by atoms with van der Waals surface area (Å²) >= 11 is 0. The van der Waals surface area contributed by atoms with E-state index in [2.05, 4.69) is 31.0 Å². The van der Waals surface area contributed by atoms with Crippen molar-refractivity contribution in [3.8, 4) is 11.4 Å².